The Morgan fingerprint density at radius 1 is 1.14 bits per heavy atom. The molecule has 0 atom stereocenters. The fourth-order valence-corrected chi connectivity index (χ4v) is 2.32. The molecule has 0 aromatic heterocycles. The summed E-state index contributed by atoms with van der Waals surface area (Å²) in [5, 5.41) is 2.86. The lowest BCUT2D eigenvalue weighted by Crippen LogP contribution is -2.53. The average Bonchev–Trinajstić information content (AvgIpc) is 2.52. The first kappa shape index (κ1) is 16.3. The zero-order chi connectivity index (χ0) is 16.1. The van der Waals surface area contributed by atoms with Crippen LogP contribution in [-0.4, -0.2) is 54.5 Å². The van der Waals surface area contributed by atoms with E-state index >= 15 is 0 Å². The predicted molar refractivity (Wildman–Crippen MR) is 82.1 cm³/mol. The zero-order valence-electron chi connectivity index (χ0n) is 13.0. The summed E-state index contributed by atoms with van der Waals surface area (Å²) in [6.45, 7) is 6.46. The fraction of sp³-hybridized carbons (Fsp3) is 0.500. The summed E-state index contributed by atoms with van der Waals surface area (Å²) in [7, 11) is 0. The maximum Gasteiger partial charge on any atom is 0.317 e. The first-order valence-electron chi connectivity index (χ1n) is 7.55. The van der Waals surface area contributed by atoms with E-state index in [1.165, 1.54) is 12.1 Å². The molecule has 3 amide bonds. The number of rotatable bonds is 3. The van der Waals surface area contributed by atoms with E-state index < -0.39 is 5.82 Å². The van der Waals surface area contributed by atoms with E-state index in [1.807, 2.05) is 13.8 Å². The van der Waals surface area contributed by atoms with Crippen LogP contribution in [0, 0.1) is 11.7 Å². The van der Waals surface area contributed by atoms with Crippen molar-refractivity contribution in [3.63, 3.8) is 0 Å². The van der Waals surface area contributed by atoms with Gasteiger partial charge in [-0.15, -0.1) is 0 Å². The highest BCUT2D eigenvalue weighted by Crippen LogP contribution is 2.12. The zero-order valence-corrected chi connectivity index (χ0v) is 13.0. The summed E-state index contributed by atoms with van der Waals surface area (Å²) >= 11 is 0. The van der Waals surface area contributed by atoms with Gasteiger partial charge in [0.15, 0.2) is 0 Å². The van der Waals surface area contributed by atoms with Crippen LogP contribution in [0.25, 0.3) is 0 Å². The molecule has 1 fully saturated rings. The van der Waals surface area contributed by atoms with E-state index in [4.69, 9.17) is 0 Å². The molecule has 5 nitrogen and oxygen atoms in total. The van der Waals surface area contributed by atoms with Gasteiger partial charge in [-0.1, -0.05) is 26.0 Å². The average molecular weight is 307 g/mol. The Bertz CT molecular complexity index is 540. The maximum absolute atomic E-state index is 13.7. The number of amides is 3. The van der Waals surface area contributed by atoms with Crippen molar-refractivity contribution in [2.75, 3.05) is 32.7 Å². The van der Waals surface area contributed by atoms with E-state index in [9.17, 15) is 14.0 Å². The highest BCUT2D eigenvalue weighted by Gasteiger charge is 2.25. The minimum absolute atomic E-state index is 0.0835. The van der Waals surface area contributed by atoms with Crippen LogP contribution in [0.15, 0.2) is 24.3 Å². The summed E-state index contributed by atoms with van der Waals surface area (Å²) in [4.78, 5) is 27.5. The van der Waals surface area contributed by atoms with Crippen LogP contribution < -0.4 is 5.32 Å². The number of nitrogens with one attached hydrogen (secondary N) is 1. The smallest absolute Gasteiger partial charge is 0.317 e. The molecule has 6 heteroatoms. The number of urea groups is 1. The van der Waals surface area contributed by atoms with Crippen LogP contribution in [0.5, 0.6) is 0 Å². The molecule has 0 spiro atoms. The Morgan fingerprint density at radius 2 is 1.73 bits per heavy atom. The van der Waals surface area contributed by atoms with Gasteiger partial charge in [0.1, 0.15) is 5.82 Å². The minimum Gasteiger partial charge on any atom is -0.338 e. The summed E-state index contributed by atoms with van der Waals surface area (Å²) in [6.07, 6.45) is 0. The van der Waals surface area contributed by atoms with Crippen LogP contribution in [0.1, 0.15) is 24.2 Å². The second-order valence-electron chi connectivity index (χ2n) is 5.84. The molecule has 1 heterocycles. The highest BCUT2D eigenvalue weighted by molar-refractivity contribution is 5.94. The molecule has 1 N–H and O–H groups in total. The molecular formula is C16H22FN3O2. The van der Waals surface area contributed by atoms with E-state index in [1.54, 1.807) is 21.9 Å². The molecule has 0 bridgehead atoms. The molecule has 1 aromatic carbocycles. The number of halogens is 1. The minimum atomic E-state index is -0.510. The van der Waals surface area contributed by atoms with Crippen molar-refractivity contribution in [2.45, 2.75) is 13.8 Å². The van der Waals surface area contributed by atoms with Gasteiger partial charge in [-0.25, -0.2) is 9.18 Å². The molecule has 0 aliphatic carbocycles. The van der Waals surface area contributed by atoms with Crippen LogP contribution in [0.2, 0.25) is 0 Å². The van der Waals surface area contributed by atoms with Gasteiger partial charge in [0, 0.05) is 32.7 Å². The van der Waals surface area contributed by atoms with Crippen molar-refractivity contribution in [1.82, 2.24) is 15.1 Å². The van der Waals surface area contributed by atoms with Crippen molar-refractivity contribution in [2.24, 2.45) is 5.92 Å². The van der Waals surface area contributed by atoms with Gasteiger partial charge in [-0.05, 0) is 18.1 Å². The van der Waals surface area contributed by atoms with Crippen molar-refractivity contribution in [3.05, 3.63) is 35.6 Å². The maximum atomic E-state index is 13.7. The molecule has 1 aromatic rings. The van der Waals surface area contributed by atoms with Gasteiger partial charge in [0.2, 0.25) is 0 Å². The molecule has 0 saturated carbocycles. The Kier molecular flexibility index (Phi) is 5.35. The molecule has 0 unspecified atom stereocenters. The number of carbonyl (C=O) groups is 2. The molecular weight excluding hydrogens is 285 g/mol. The summed E-state index contributed by atoms with van der Waals surface area (Å²) in [5.74, 6) is -0.433. The molecule has 120 valence electrons. The number of hydrogen-bond acceptors (Lipinski definition) is 2. The number of carbonyl (C=O) groups excluding carboxylic acids is 2. The van der Waals surface area contributed by atoms with Crippen molar-refractivity contribution < 1.29 is 14.0 Å². The van der Waals surface area contributed by atoms with Crippen LogP contribution in [0.3, 0.4) is 0 Å². The number of nitrogens with zero attached hydrogens (tertiary/aromatic N) is 2. The number of benzene rings is 1. The summed E-state index contributed by atoms with van der Waals surface area (Å²) in [6, 6.07) is 5.86. The van der Waals surface area contributed by atoms with E-state index in [0.29, 0.717) is 38.6 Å². The quantitative estimate of drug-likeness (QED) is 0.928. The SMILES string of the molecule is CC(C)CNC(=O)N1CCN(C(=O)c2ccccc2F)CC1. The van der Waals surface area contributed by atoms with Gasteiger partial charge in [0.25, 0.3) is 5.91 Å². The molecule has 2 rings (SSSR count). The third-order valence-electron chi connectivity index (χ3n) is 3.62. The van der Waals surface area contributed by atoms with Crippen LogP contribution in [0.4, 0.5) is 9.18 Å². The first-order chi connectivity index (χ1) is 10.5. The lowest BCUT2D eigenvalue weighted by atomic mass is 10.1. The topological polar surface area (TPSA) is 52.7 Å². The monoisotopic (exact) mass is 307 g/mol. The third-order valence-corrected chi connectivity index (χ3v) is 3.62. The fourth-order valence-electron chi connectivity index (χ4n) is 2.32. The summed E-state index contributed by atoms with van der Waals surface area (Å²) in [5.41, 5.74) is 0.0835. The van der Waals surface area contributed by atoms with Crippen molar-refractivity contribution in [1.29, 1.82) is 0 Å². The van der Waals surface area contributed by atoms with E-state index in [-0.39, 0.29) is 17.5 Å². The molecule has 0 radical (unpaired) electrons. The van der Waals surface area contributed by atoms with Crippen molar-refractivity contribution >= 4 is 11.9 Å². The Balaban J connectivity index is 1.88. The van der Waals surface area contributed by atoms with Crippen LogP contribution >= 0.6 is 0 Å². The third kappa shape index (κ3) is 3.96. The van der Waals surface area contributed by atoms with Crippen molar-refractivity contribution in [3.8, 4) is 0 Å². The molecule has 1 aliphatic heterocycles. The lowest BCUT2D eigenvalue weighted by Gasteiger charge is -2.35. The molecule has 1 aliphatic rings. The van der Waals surface area contributed by atoms with Crippen LogP contribution in [-0.2, 0) is 0 Å². The summed E-state index contributed by atoms with van der Waals surface area (Å²) < 4.78 is 13.7. The molecule has 22 heavy (non-hydrogen) atoms. The standard InChI is InChI=1S/C16H22FN3O2/c1-12(2)11-18-16(22)20-9-7-19(8-10-20)15(21)13-5-3-4-6-14(13)17/h3-6,12H,7-11H2,1-2H3,(H,18,22). The second kappa shape index (κ2) is 7.24. The van der Waals surface area contributed by atoms with Gasteiger partial charge >= 0.3 is 6.03 Å². The predicted octanol–water partition coefficient (Wildman–Crippen LogP) is 1.95. The Labute approximate surface area is 130 Å². The second-order valence-corrected chi connectivity index (χ2v) is 5.84. The normalized spacial score (nSPS) is 15.1. The van der Waals surface area contributed by atoms with E-state index in [2.05, 4.69) is 5.32 Å². The molecule has 1 saturated heterocycles. The Hall–Kier alpha value is -2.11. The number of piperazine rings is 1. The van der Waals surface area contributed by atoms with E-state index in [0.717, 1.165) is 0 Å². The lowest BCUT2D eigenvalue weighted by molar-refractivity contribution is 0.0660. The first-order valence-corrected chi connectivity index (χ1v) is 7.55. The van der Waals surface area contributed by atoms with Gasteiger partial charge < -0.3 is 15.1 Å². The van der Waals surface area contributed by atoms with Gasteiger partial charge in [-0.2, -0.15) is 0 Å². The highest BCUT2D eigenvalue weighted by atomic mass is 19.1. The largest absolute Gasteiger partial charge is 0.338 e. The number of hydrogen-bond donors (Lipinski definition) is 1. The Morgan fingerprint density at radius 3 is 2.32 bits per heavy atom. The van der Waals surface area contributed by atoms with Gasteiger partial charge in [-0.3, -0.25) is 4.79 Å². The van der Waals surface area contributed by atoms with Gasteiger partial charge in [0.05, 0.1) is 5.56 Å².